The van der Waals surface area contributed by atoms with Crippen LogP contribution in [0, 0.1) is 0 Å². The van der Waals surface area contributed by atoms with E-state index in [1.807, 2.05) is 31.2 Å². The molecule has 0 saturated carbocycles. The molecule has 0 aliphatic rings. The van der Waals surface area contributed by atoms with Gasteiger partial charge < -0.3 is 10.4 Å². The van der Waals surface area contributed by atoms with Crippen molar-refractivity contribution in [1.29, 1.82) is 0 Å². The lowest BCUT2D eigenvalue weighted by Crippen LogP contribution is -2.42. The summed E-state index contributed by atoms with van der Waals surface area (Å²) >= 11 is 5.94. The molecule has 19 heavy (non-hydrogen) atoms. The molecule has 0 fully saturated rings. The summed E-state index contributed by atoms with van der Waals surface area (Å²) in [5, 5.41) is 13.1. The van der Waals surface area contributed by atoms with Crippen LogP contribution in [0.3, 0.4) is 0 Å². The van der Waals surface area contributed by atoms with E-state index >= 15 is 0 Å². The fourth-order valence-corrected chi connectivity index (χ4v) is 2.32. The minimum absolute atomic E-state index is 0.108. The number of hydrogen-bond acceptors (Lipinski definition) is 2. The van der Waals surface area contributed by atoms with E-state index < -0.39 is 12.0 Å². The fourth-order valence-electron chi connectivity index (χ4n) is 2.11. The maximum atomic E-state index is 11.2. The van der Waals surface area contributed by atoms with Crippen LogP contribution in [0.4, 0.5) is 0 Å². The number of benzene rings is 1. The summed E-state index contributed by atoms with van der Waals surface area (Å²) in [7, 11) is 0. The lowest BCUT2D eigenvalue weighted by molar-refractivity contribution is -0.139. The Bertz CT molecular complexity index is 409. The zero-order valence-corrected chi connectivity index (χ0v) is 12.3. The van der Waals surface area contributed by atoms with Gasteiger partial charge in [0.25, 0.3) is 0 Å². The van der Waals surface area contributed by atoms with Gasteiger partial charge in [-0.2, -0.15) is 0 Å². The SMILES string of the molecule is CCCC[C@H](NC(C)Cc1cccc(Cl)c1)C(=O)O. The maximum absolute atomic E-state index is 11.2. The van der Waals surface area contributed by atoms with Crippen LogP contribution >= 0.6 is 11.6 Å². The molecule has 0 aliphatic carbocycles. The second kappa shape index (κ2) is 8.18. The van der Waals surface area contributed by atoms with E-state index in [9.17, 15) is 9.90 Å². The maximum Gasteiger partial charge on any atom is 0.320 e. The molecule has 1 aromatic carbocycles. The summed E-state index contributed by atoms with van der Waals surface area (Å²) in [6.07, 6.45) is 3.38. The molecule has 1 unspecified atom stereocenters. The molecule has 0 aliphatic heterocycles. The van der Waals surface area contributed by atoms with Gasteiger partial charge in [-0.05, 0) is 37.5 Å². The smallest absolute Gasteiger partial charge is 0.320 e. The first-order chi connectivity index (χ1) is 9.02. The number of nitrogens with one attached hydrogen (secondary N) is 1. The highest BCUT2D eigenvalue weighted by atomic mass is 35.5. The average Bonchev–Trinajstić information content (AvgIpc) is 2.34. The van der Waals surface area contributed by atoms with Crippen LogP contribution in [0.1, 0.15) is 38.7 Å². The van der Waals surface area contributed by atoms with Crippen molar-refractivity contribution in [1.82, 2.24) is 5.32 Å². The molecule has 3 nitrogen and oxygen atoms in total. The summed E-state index contributed by atoms with van der Waals surface area (Å²) in [6, 6.07) is 7.32. The Morgan fingerprint density at radius 2 is 2.21 bits per heavy atom. The zero-order chi connectivity index (χ0) is 14.3. The highest BCUT2D eigenvalue weighted by Crippen LogP contribution is 2.13. The van der Waals surface area contributed by atoms with Gasteiger partial charge >= 0.3 is 5.97 Å². The number of carbonyl (C=O) groups is 1. The van der Waals surface area contributed by atoms with E-state index in [0.29, 0.717) is 11.4 Å². The fraction of sp³-hybridized carbons (Fsp3) is 0.533. The first kappa shape index (κ1) is 16.0. The van der Waals surface area contributed by atoms with Gasteiger partial charge in [0.15, 0.2) is 0 Å². The molecule has 1 rings (SSSR count). The summed E-state index contributed by atoms with van der Waals surface area (Å²) in [5.41, 5.74) is 1.12. The molecular weight excluding hydrogens is 262 g/mol. The van der Waals surface area contributed by atoms with Crippen LogP contribution in [0.2, 0.25) is 5.02 Å². The summed E-state index contributed by atoms with van der Waals surface area (Å²) < 4.78 is 0. The molecule has 0 spiro atoms. The third-order valence-electron chi connectivity index (χ3n) is 3.06. The van der Waals surface area contributed by atoms with Crippen LogP contribution in [-0.4, -0.2) is 23.2 Å². The van der Waals surface area contributed by atoms with Gasteiger partial charge in [0.05, 0.1) is 0 Å². The normalized spacial score (nSPS) is 14.1. The molecule has 0 heterocycles. The van der Waals surface area contributed by atoms with Crippen LogP contribution < -0.4 is 5.32 Å². The van der Waals surface area contributed by atoms with Gasteiger partial charge in [0.1, 0.15) is 6.04 Å². The lowest BCUT2D eigenvalue weighted by Gasteiger charge is -2.20. The van der Waals surface area contributed by atoms with Crippen molar-refractivity contribution in [2.45, 2.75) is 51.6 Å². The molecule has 0 aromatic heterocycles. The number of aliphatic carboxylic acids is 1. The van der Waals surface area contributed by atoms with Crippen LogP contribution in [0.5, 0.6) is 0 Å². The highest BCUT2D eigenvalue weighted by molar-refractivity contribution is 6.30. The average molecular weight is 284 g/mol. The molecule has 0 bridgehead atoms. The second-order valence-corrected chi connectivity index (χ2v) is 5.37. The number of carboxylic acids is 1. The minimum Gasteiger partial charge on any atom is -0.480 e. The van der Waals surface area contributed by atoms with Crippen molar-refractivity contribution < 1.29 is 9.90 Å². The Labute approximate surface area is 120 Å². The Balaban J connectivity index is 2.52. The van der Waals surface area contributed by atoms with Gasteiger partial charge in [-0.1, -0.05) is 43.5 Å². The monoisotopic (exact) mass is 283 g/mol. The Kier molecular flexibility index (Phi) is 6.89. The molecule has 0 amide bonds. The van der Waals surface area contributed by atoms with Gasteiger partial charge in [-0.15, -0.1) is 0 Å². The highest BCUT2D eigenvalue weighted by Gasteiger charge is 2.18. The largest absolute Gasteiger partial charge is 0.480 e. The van der Waals surface area contributed by atoms with Crippen LogP contribution in [0.25, 0.3) is 0 Å². The molecule has 4 heteroatoms. The Morgan fingerprint density at radius 3 is 2.79 bits per heavy atom. The van der Waals surface area contributed by atoms with E-state index in [1.165, 1.54) is 0 Å². The van der Waals surface area contributed by atoms with E-state index in [4.69, 9.17) is 11.6 Å². The Morgan fingerprint density at radius 1 is 1.47 bits per heavy atom. The zero-order valence-electron chi connectivity index (χ0n) is 11.5. The number of hydrogen-bond donors (Lipinski definition) is 2. The van der Waals surface area contributed by atoms with Crippen molar-refractivity contribution >= 4 is 17.6 Å². The predicted molar refractivity (Wildman–Crippen MR) is 78.7 cm³/mol. The third-order valence-corrected chi connectivity index (χ3v) is 3.30. The molecule has 2 atom stereocenters. The quantitative estimate of drug-likeness (QED) is 0.768. The number of rotatable bonds is 8. The first-order valence-electron chi connectivity index (χ1n) is 6.76. The first-order valence-corrected chi connectivity index (χ1v) is 7.14. The lowest BCUT2D eigenvalue weighted by atomic mass is 10.0. The summed E-state index contributed by atoms with van der Waals surface area (Å²) in [5.74, 6) is -0.772. The number of carboxylic acid groups (broad SMARTS) is 1. The topological polar surface area (TPSA) is 49.3 Å². The van der Waals surface area contributed by atoms with Crippen LogP contribution in [0.15, 0.2) is 24.3 Å². The van der Waals surface area contributed by atoms with Gasteiger partial charge in [0, 0.05) is 11.1 Å². The molecule has 2 N–H and O–H groups in total. The summed E-state index contributed by atoms with van der Waals surface area (Å²) in [6.45, 7) is 4.07. The third kappa shape index (κ3) is 6.08. The molecular formula is C15H22ClNO2. The van der Waals surface area contributed by atoms with Crippen molar-refractivity contribution in [3.8, 4) is 0 Å². The van der Waals surface area contributed by atoms with Crippen molar-refractivity contribution in [3.05, 3.63) is 34.9 Å². The van der Waals surface area contributed by atoms with E-state index in [2.05, 4.69) is 12.2 Å². The van der Waals surface area contributed by atoms with Crippen LogP contribution in [-0.2, 0) is 11.2 Å². The van der Waals surface area contributed by atoms with Gasteiger partial charge in [0.2, 0.25) is 0 Å². The minimum atomic E-state index is -0.772. The second-order valence-electron chi connectivity index (χ2n) is 4.93. The van der Waals surface area contributed by atoms with E-state index in [0.717, 1.165) is 24.8 Å². The molecule has 0 saturated heterocycles. The van der Waals surface area contributed by atoms with Crippen molar-refractivity contribution in [3.63, 3.8) is 0 Å². The predicted octanol–water partition coefficient (Wildman–Crippen LogP) is 3.50. The van der Waals surface area contributed by atoms with E-state index in [-0.39, 0.29) is 6.04 Å². The standard InChI is InChI=1S/C15H22ClNO2/c1-3-4-8-14(15(18)19)17-11(2)9-12-6-5-7-13(16)10-12/h5-7,10-11,14,17H,3-4,8-9H2,1-2H3,(H,18,19)/t11?,14-/m0/s1. The molecule has 106 valence electrons. The number of halogens is 1. The number of unbranched alkanes of at least 4 members (excludes halogenated alkanes) is 1. The van der Waals surface area contributed by atoms with Crippen molar-refractivity contribution in [2.75, 3.05) is 0 Å². The van der Waals surface area contributed by atoms with Gasteiger partial charge in [-0.3, -0.25) is 4.79 Å². The molecule has 1 aromatic rings. The van der Waals surface area contributed by atoms with E-state index in [1.54, 1.807) is 0 Å². The summed E-state index contributed by atoms with van der Waals surface area (Å²) in [4.78, 5) is 11.2. The van der Waals surface area contributed by atoms with Gasteiger partial charge in [-0.25, -0.2) is 0 Å². The Hall–Kier alpha value is -1.06. The molecule has 0 radical (unpaired) electrons. The van der Waals surface area contributed by atoms with Crippen molar-refractivity contribution in [2.24, 2.45) is 0 Å².